The van der Waals surface area contributed by atoms with Crippen molar-refractivity contribution in [1.82, 2.24) is 24.3 Å². The maximum absolute atomic E-state index is 13.2. The van der Waals surface area contributed by atoms with Crippen LogP contribution in [0.2, 0.25) is 5.15 Å². The van der Waals surface area contributed by atoms with Crippen LogP contribution >= 0.6 is 11.6 Å². The fraction of sp³-hybridized carbons (Fsp3) is 0.333. The number of H-pyrrole nitrogens is 1. The van der Waals surface area contributed by atoms with Gasteiger partial charge >= 0.3 is 5.69 Å². The van der Waals surface area contributed by atoms with Crippen molar-refractivity contribution in [3.8, 4) is 0 Å². The van der Waals surface area contributed by atoms with E-state index in [9.17, 15) is 14.0 Å². The Hall–Kier alpha value is -1.96. The van der Waals surface area contributed by atoms with Gasteiger partial charge in [0.1, 0.15) is 6.33 Å². The fourth-order valence-corrected chi connectivity index (χ4v) is 1.60. The summed E-state index contributed by atoms with van der Waals surface area (Å²) in [6.45, 7) is -0.0216. The van der Waals surface area contributed by atoms with Crippen molar-refractivity contribution < 1.29 is 4.39 Å². The molecule has 0 fully saturated rings. The summed E-state index contributed by atoms with van der Waals surface area (Å²) in [7, 11) is 1.69. The topological polar surface area (TPSA) is 85.6 Å². The van der Waals surface area contributed by atoms with Crippen LogP contribution in [0.25, 0.3) is 0 Å². The number of halogens is 2. The van der Waals surface area contributed by atoms with Crippen LogP contribution in [0.4, 0.5) is 4.39 Å². The highest BCUT2D eigenvalue weighted by Crippen LogP contribution is 2.02. The molecule has 0 atom stereocenters. The van der Waals surface area contributed by atoms with Gasteiger partial charge in [-0.1, -0.05) is 11.6 Å². The number of nitrogens with zero attached hydrogens (tertiary/aromatic N) is 4. The number of hydrogen-bond acceptors (Lipinski definition) is 4. The number of hydrogen-bond donors (Lipinski definition) is 1. The highest BCUT2D eigenvalue weighted by atomic mass is 35.5. The first kappa shape index (κ1) is 12.5. The summed E-state index contributed by atoms with van der Waals surface area (Å²) in [5, 5.41) is 3.40. The third-order valence-corrected chi connectivity index (χ3v) is 2.55. The molecule has 0 bridgehead atoms. The Labute approximate surface area is 105 Å². The molecule has 0 saturated heterocycles. The Morgan fingerprint density at radius 3 is 2.83 bits per heavy atom. The smallest absolute Gasteiger partial charge is 0.295 e. The second kappa shape index (κ2) is 4.73. The van der Waals surface area contributed by atoms with Crippen molar-refractivity contribution in [2.24, 2.45) is 7.05 Å². The molecule has 0 aliphatic rings. The largest absolute Gasteiger partial charge is 0.329 e. The highest BCUT2D eigenvalue weighted by molar-refractivity contribution is 6.29. The van der Waals surface area contributed by atoms with E-state index in [1.54, 1.807) is 7.05 Å². The van der Waals surface area contributed by atoms with Gasteiger partial charge in [0, 0.05) is 20.0 Å². The Balaban J connectivity index is 2.28. The van der Waals surface area contributed by atoms with E-state index in [4.69, 9.17) is 11.6 Å². The van der Waals surface area contributed by atoms with Crippen LogP contribution in [-0.2, 0) is 20.0 Å². The average molecular weight is 274 g/mol. The first-order chi connectivity index (χ1) is 8.49. The molecule has 0 aromatic carbocycles. The van der Waals surface area contributed by atoms with E-state index in [1.165, 1.54) is 11.0 Å². The number of rotatable bonds is 3. The van der Waals surface area contributed by atoms with Crippen molar-refractivity contribution in [2.45, 2.75) is 13.0 Å². The monoisotopic (exact) mass is 273 g/mol. The summed E-state index contributed by atoms with van der Waals surface area (Å²) in [6, 6.07) is 0. The van der Waals surface area contributed by atoms with Crippen LogP contribution in [0.1, 0.15) is 5.82 Å². The van der Waals surface area contributed by atoms with Gasteiger partial charge in [0.25, 0.3) is 5.56 Å². The second-order valence-corrected chi connectivity index (χ2v) is 3.98. The molecule has 0 aliphatic carbocycles. The zero-order chi connectivity index (χ0) is 13.3. The van der Waals surface area contributed by atoms with Gasteiger partial charge in [0.05, 0.1) is 0 Å². The number of aromatic amines is 1. The Morgan fingerprint density at radius 2 is 2.22 bits per heavy atom. The third kappa shape index (κ3) is 2.33. The van der Waals surface area contributed by atoms with Crippen molar-refractivity contribution >= 4 is 11.6 Å². The third-order valence-electron chi connectivity index (χ3n) is 2.29. The van der Waals surface area contributed by atoms with Crippen LogP contribution in [0, 0.1) is 5.82 Å². The molecule has 7 nitrogen and oxygen atoms in total. The van der Waals surface area contributed by atoms with Crippen LogP contribution < -0.4 is 11.2 Å². The van der Waals surface area contributed by atoms with E-state index in [0.29, 0.717) is 5.82 Å². The molecule has 2 rings (SSSR count). The maximum atomic E-state index is 13.2. The summed E-state index contributed by atoms with van der Waals surface area (Å²) in [4.78, 5) is 28.9. The molecular weight excluding hydrogens is 265 g/mol. The lowest BCUT2D eigenvalue weighted by Gasteiger charge is -2.03. The lowest BCUT2D eigenvalue weighted by atomic mass is 10.4. The molecule has 2 aromatic heterocycles. The lowest BCUT2D eigenvalue weighted by Crippen LogP contribution is -2.37. The fourth-order valence-electron chi connectivity index (χ4n) is 1.43. The van der Waals surface area contributed by atoms with Gasteiger partial charge in [0.15, 0.2) is 11.0 Å². The minimum Gasteiger partial charge on any atom is -0.295 e. The lowest BCUT2D eigenvalue weighted by molar-refractivity contribution is 0.533. The van der Waals surface area contributed by atoms with Gasteiger partial charge in [-0.05, 0) is 0 Å². The standard InChI is InChI=1S/C9H9ClFN5O2/c1-15-4-12-5(14-15)2-3-16-8(17)6(11)7(10)13-9(16)18/h4H,2-3H2,1H3,(H,13,18). The highest BCUT2D eigenvalue weighted by Gasteiger charge is 2.12. The number of aryl methyl sites for hydroxylation is 2. The predicted octanol–water partition coefficient (Wildman–Crippen LogP) is -0.300. The Kier molecular flexibility index (Phi) is 3.28. The van der Waals surface area contributed by atoms with Crippen molar-refractivity contribution in [1.29, 1.82) is 0 Å². The van der Waals surface area contributed by atoms with Crippen LogP contribution in [0.15, 0.2) is 15.9 Å². The molecule has 0 spiro atoms. The summed E-state index contributed by atoms with van der Waals surface area (Å²) in [5.74, 6) is -0.718. The quantitative estimate of drug-likeness (QED) is 0.778. The van der Waals surface area contributed by atoms with Gasteiger partial charge in [-0.15, -0.1) is 0 Å². The van der Waals surface area contributed by atoms with E-state index in [-0.39, 0.29) is 13.0 Å². The Bertz CT molecular complexity index is 689. The van der Waals surface area contributed by atoms with Gasteiger partial charge in [0.2, 0.25) is 5.82 Å². The van der Waals surface area contributed by atoms with Gasteiger partial charge in [-0.2, -0.15) is 9.49 Å². The van der Waals surface area contributed by atoms with Gasteiger partial charge in [-0.25, -0.2) is 9.78 Å². The van der Waals surface area contributed by atoms with Gasteiger partial charge in [-0.3, -0.25) is 19.0 Å². The summed E-state index contributed by atoms with van der Waals surface area (Å²) in [6.07, 6.45) is 1.73. The SMILES string of the molecule is Cn1cnc(CCn2c(=O)[nH]c(Cl)c(F)c2=O)n1. The first-order valence-corrected chi connectivity index (χ1v) is 5.39. The summed E-state index contributed by atoms with van der Waals surface area (Å²) in [5.41, 5.74) is -1.82. The second-order valence-electron chi connectivity index (χ2n) is 3.60. The summed E-state index contributed by atoms with van der Waals surface area (Å²) < 4.78 is 15.4. The molecule has 9 heteroatoms. The zero-order valence-electron chi connectivity index (χ0n) is 9.35. The molecule has 18 heavy (non-hydrogen) atoms. The maximum Gasteiger partial charge on any atom is 0.329 e. The van der Waals surface area contributed by atoms with E-state index in [0.717, 1.165) is 4.57 Å². The summed E-state index contributed by atoms with van der Waals surface area (Å²) >= 11 is 5.34. The van der Waals surface area contributed by atoms with E-state index in [1.807, 2.05) is 4.98 Å². The predicted molar refractivity (Wildman–Crippen MR) is 61.0 cm³/mol. The molecule has 0 radical (unpaired) electrons. The van der Waals surface area contributed by atoms with Gasteiger partial charge < -0.3 is 0 Å². The molecule has 0 amide bonds. The van der Waals surface area contributed by atoms with Crippen LogP contribution in [0.5, 0.6) is 0 Å². The Morgan fingerprint density at radius 1 is 1.50 bits per heavy atom. The average Bonchev–Trinajstić information content (AvgIpc) is 2.72. The number of aromatic nitrogens is 5. The van der Waals surface area contributed by atoms with Crippen LogP contribution in [0.3, 0.4) is 0 Å². The number of nitrogens with one attached hydrogen (secondary N) is 1. The minimum atomic E-state index is -1.18. The van der Waals surface area contributed by atoms with Crippen molar-refractivity contribution in [2.75, 3.05) is 0 Å². The van der Waals surface area contributed by atoms with Crippen molar-refractivity contribution in [3.05, 3.63) is 44.0 Å². The molecule has 1 N–H and O–H groups in total. The molecule has 0 saturated carbocycles. The normalized spacial score (nSPS) is 10.8. The first-order valence-electron chi connectivity index (χ1n) is 5.01. The molecule has 96 valence electrons. The van der Waals surface area contributed by atoms with E-state index in [2.05, 4.69) is 10.1 Å². The molecule has 2 heterocycles. The zero-order valence-corrected chi connectivity index (χ0v) is 10.1. The molecule has 2 aromatic rings. The minimum absolute atomic E-state index is 0.0216. The van der Waals surface area contributed by atoms with E-state index < -0.39 is 22.2 Å². The molecular formula is C9H9ClFN5O2. The van der Waals surface area contributed by atoms with E-state index >= 15 is 0 Å². The van der Waals surface area contributed by atoms with Crippen LogP contribution in [-0.4, -0.2) is 24.3 Å². The molecule has 0 unspecified atom stereocenters. The van der Waals surface area contributed by atoms with Crippen molar-refractivity contribution in [3.63, 3.8) is 0 Å². The molecule has 0 aliphatic heterocycles.